The second kappa shape index (κ2) is 28.8. The van der Waals surface area contributed by atoms with Crippen molar-refractivity contribution in [2.45, 2.75) is 52.8 Å². The van der Waals surface area contributed by atoms with Crippen molar-refractivity contribution in [1.82, 2.24) is 10.6 Å². The lowest BCUT2D eigenvalue weighted by atomic mass is 10.4. The molecule has 6 nitrogen and oxygen atoms in total. The van der Waals surface area contributed by atoms with Gasteiger partial charge in [-0.3, -0.25) is 0 Å². The number of aldehydes is 1. The van der Waals surface area contributed by atoms with E-state index in [1.165, 1.54) is 6.92 Å². The second-order valence-corrected chi connectivity index (χ2v) is 5.45. The molecule has 0 amide bonds. The zero-order chi connectivity index (χ0) is 20.5. The molecule has 7 heteroatoms. The zero-order valence-corrected chi connectivity index (χ0v) is 17.4. The third-order valence-electron chi connectivity index (χ3n) is 2.56. The van der Waals surface area contributed by atoms with Crippen LogP contribution in [0.15, 0.2) is 12.8 Å². The summed E-state index contributed by atoms with van der Waals surface area (Å²) in [5, 5.41) is 5.76. The van der Waals surface area contributed by atoms with Gasteiger partial charge in [-0.1, -0.05) is 6.58 Å². The first-order chi connectivity index (χ1) is 12.5. The first-order valence-corrected chi connectivity index (χ1v) is 9.29. The van der Waals surface area contributed by atoms with E-state index in [1.807, 2.05) is 20.8 Å². The topological polar surface area (TPSA) is 68.8 Å². The Hall–Kier alpha value is -1.02. The van der Waals surface area contributed by atoms with Gasteiger partial charge in [0, 0.05) is 39.5 Å². The Kier molecular flexibility index (Phi) is 32.9. The summed E-state index contributed by atoms with van der Waals surface area (Å²) in [6.07, 6.45) is 3.66. The smallest absolute Gasteiger partial charge is 0.136 e. The molecule has 0 saturated heterocycles. The van der Waals surface area contributed by atoms with E-state index in [0.29, 0.717) is 25.9 Å². The number of alkyl halides is 1. The van der Waals surface area contributed by atoms with Gasteiger partial charge in [0.15, 0.2) is 0 Å². The number of halogens is 1. The molecule has 0 aromatic carbocycles. The molecule has 0 aliphatic carbocycles. The van der Waals surface area contributed by atoms with Crippen LogP contribution in [-0.4, -0.2) is 71.7 Å². The van der Waals surface area contributed by atoms with Crippen molar-refractivity contribution < 1.29 is 23.4 Å². The molecule has 0 bridgehead atoms. The summed E-state index contributed by atoms with van der Waals surface area (Å²) in [5.74, 6) is 0. The minimum Gasteiger partial charge on any atom is -0.391 e. The fourth-order valence-corrected chi connectivity index (χ4v) is 1.57. The normalized spacial score (nSPS) is 10.9. The van der Waals surface area contributed by atoms with Crippen molar-refractivity contribution >= 4 is 6.29 Å². The van der Waals surface area contributed by atoms with E-state index in [4.69, 9.17) is 19.0 Å². The SMILES string of the molecule is C=CNCCCOCCCOCC(F)CNC.CC=O.CCOC(C)C. The van der Waals surface area contributed by atoms with Crippen LogP contribution >= 0.6 is 0 Å². The quantitative estimate of drug-likeness (QED) is 0.336. The second-order valence-electron chi connectivity index (χ2n) is 5.45. The number of hydrogen-bond donors (Lipinski definition) is 2. The van der Waals surface area contributed by atoms with Crippen molar-refractivity contribution in [1.29, 1.82) is 0 Å². The van der Waals surface area contributed by atoms with Crippen LogP contribution in [0.1, 0.15) is 40.5 Å². The monoisotopic (exact) mass is 380 g/mol. The highest BCUT2D eigenvalue weighted by Gasteiger charge is 2.03. The number of carbonyl (C=O) groups excluding carboxylic acids is 1. The van der Waals surface area contributed by atoms with Gasteiger partial charge in [-0.05, 0) is 53.8 Å². The first-order valence-electron chi connectivity index (χ1n) is 9.29. The molecule has 0 radical (unpaired) electrons. The maximum atomic E-state index is 12.9. The van der Waals surface area contributed by atoms with Crippen LogP contribution in [-0.2, 0) is 19.0 Å². The molecule has 0 aromatic rings. The predicted octanol–water partition coefficient (Wildman–Crippen LogP) is 2.73. The van der Waals surface area contributed by atoms with E-state index >= 15 is 0 Å². The Labute approximate surface area is 159 Å². The minimum atomic E-state index is -0.925. The maximum absolute atomic E-state index is 12.9. The highest BCUT2D eigenvalue weighted by Crippen LogP contribution is 1.92. The molecule has 158 valence electrons. The largest absolute Gasteiger partial charge is 0.391 e. The molecule has 1 unspecified atom stereocenters. The molecule has 0 rings (SSSR count). The number of ether oxygens (including phenoxy) is 3. The Bertz CT molecular complexity index is 270. The van der Waals surface area contributed by atoms with Gasteiger partial charge in [0.05, 0.1) is 12.7 Å². The van der Waals surface area contributed by atoms with E-state index in [2.05, 4.69) is 17.2 Å². The Morgan fingerprint density at radius 3 is 2.19 bits per heavy atom. The summed E-state index contributed by atoms with van der Waals surface area (Å²) in [7, 11) is 1.72. The summed E-state index contributed by atoms with van der Waals surface area (Å²) in [6, 6.07) is 0. The van der Waals surface area contributed by atoms with Gasteiger partial charge >= 0.3 is 0 Å². The highest BCUT2D eigenvalue weighted by molar-refractivity contribution is 5.44. The van der Waals surface area contributed by atoms with Crippen molar-refractivity contribution in [3.63, 3.8) is 0 Å². The van der Waals surface area contributed by atoms with Crippen LogP contribution in [0, 0.1) is 0 Å². The van der Waals surface area contributed by atoms with Gasteiger partial charge in [-0.15, -0.1) is 0 Å². The van der Waals surface area contributed by atoms with Gasteiger partial charge in [0.2, 0.25) is 0 Å². The van der Waals surface area contributed by atoms with E-state index in [9.17, 15) is 4.39 Å². The van der Waals surface area contributed by atoms with Crippen LogP contribution in [0.2, 0.25) is 0 Å². The molecule has 0 aliphatic heterocycles. The highest BCUT2D eigenvalue weighted by atomic mass is 19.1. The molecule has 0 fully saturated rings. The summed E-state index contributed by atoms with van der Waals surface area (Å²) in [6.45, 7) is 15.2. The molecule has 0 saturated carbocycles. The molecular weight excluding hydrogens is 339 g/mol. The predicted molar refractivity (Wildman–Crippen MR) is 106 cm³/mol. The molecule has 26 heavy (non-hydrogen) atoms. The van der Waals surface area contributed by atoms with Crippen molar-refractivity contribution in [3.8, 4) is 0 Å². The standard InChI is InChI=1S/C12H25FN2O2.C5H12O.C2H4O/c1-3-15-6-4-7-16-8-5-9-17-11-12(13)10-14-2;1-4-6-5(2)3;1-2-3/h3,12,14-15H,1,4-11H2,2H3;5H,4H2,1-3H3;2H,1H3. The van der Waals surface area contributed by atoms with Crippen LogP contribution in [0.25, 0.3) is 0 Å². The Morgan fingerprint density at radius 1 is 1.15 bits per heavy atom. The molecule has 1 atom stereocenters. The van der Waals surface area contributed by atoms with Crippen LogP contribution < -0.4 is 10.6 Å². The average molecular weight is 381 g/mol. The van der Waals surface area contributed by atoms with Gasteiger partial charge in [0.1, 0.15) is 12.5 Å². The summed E-state index contributed by atoms with van der Waals surface area (Å²) < 4.78 is 28.5. The fraction of sp³-hybridized carbons (Fsp3) is 0.842. The van der Waals surface area contributed by atoms with E-state index in [0.717, 1.165) is 38.9 Å². The lowest BCUT2D eigenvalue weighted by Crippen LogP contribution is -2.24. The molecule has 0 aromatic heterocycles. The minimum absolute atomic E-state index is 0.157. The van der Waals surface area contributed by atoms with Gasteiger partial charge in [0.25, 0.3) is 0 Å². The third kappa shape index (κ3) is 38.5. The molecule has 0 spiro atoms. The Morgan fingerprint density at radius 2 is 1.73 bits per heavy atom. The number of rotatable bonds is 15. The van der Waals surface area contributed by atoms with E-state index in [-0.39, 0.29) is 6.61 Å². The van der Waals surface area contributed by atoms with Crippen LogP contribution in [0.5, 0.6) is 0 Å². The number of hydrogen-bond acceptors (Lipinski definition) is 6. The van der Waals surface area contributed by atoms with Crippen LogP contribution in [0.4, 0.5) is 4.39 Å². The maximum Gasteiger partial charge on any atom is 0.136 e. The van der Waals surface area contributed by atoms with Crippen LogP contribution in [0.3, 0.4) is 0 Å². The molecule has 0 heterocycles. The van der Waals surface area contributed by atoms with Crippen molar-refractivity contribution in [2.24, 2.45) is 0 Å². The third-order valence-corrected chi connectivity index (χ3v) is 2.56. The Balaban J connectivity index is -0.000000486. The van der Waals surface area contributed by atoms with Gasteiger partial charge in [-0.25, -0.2) is 4.39 Å². The lowest BCUT2D eigenvalue weighted by molar-refractivity contribution is -0.106. The average Bonchev–Trinajstić information content (AvgIpc) is 2.58. The fourth-order valence-electron chi connectivity index (χ4n) is 1.57. The van der Waals surface area contributed by atoms with Gasteiger partial charge in [-0.2, -0.15) is 0 Å². The number of nitrogens with one attached hydrogen (secondary N) is 2. The van der Waals surface area contributed by atoms with Gasteiger partial charge < -0.3 is 29.6 Å². The lowest BCUT2D eigenvalue weighted by Gasteiger charge is -2.08. The van der Waals surface area contributed by atoms with Crippen molar-refractivity contribution in [3.05, 3.63) is 12.8 Å². The summed E-state index contributed by atoms with van der Waals surface area (Å²) in [5.41, 5.74) is 0. The van der Waals surface area contributed by atoms with E-state index < -0.39 is 6.17 Å². The first kappa shape index (κ1) is 29.7. The summed E-state index contributed by atoms with van der Waals surface area (Å²) in [4.78, 5) is 8.81. The molecular formula is C19H41FN2O4. The number of carbonyl (C=O) groups is 1. The molecule has 2 N–H and O–H groups in total. The van der Waals surface area contributed by atoms with E-state index in [1.54, 1.807) is 13.2 Å². The van der Waals surface area contributed by atoms with Crippen molar-refractivity contribution in [2.75, 3.05) is 53.2 Å². The summed E-state index contributed by atoms with van der Waals surface area (Å²) >= 11 is 0. The zero-order valence-electron chi connectivity index (χ0n) is 17.4. The molecule has 0 aliphatic rings.